The Kier molecular flexibility index (Phi) is 5.94. The van der Waals surface area contributed by atoms with Crippen molar-refractivity contribution in [3.05, 3.63) is 53.6 Å². The summed E-state index contributed by atoms with van der Waals surface area (Å²) in [6.45, 7) is 5.31. The molecule has 0 bridgehead atoms. The third-order valence-electron chi connectivity index (χ3n) is 5.75. The van der Waals surface area contributed by atoms with Gasteiger partial charge in [-0.1, -0.05) is 19.1 Å². The number of ether oxygens (including phenoxy) is 2. The van der Waals surface area contributed by atoms with Crippen molar-refractivity contribution >= 4 is 11.5 Å². The highest BCUT2D eigenvalue weighted by Crippen LogP contribution is 2.32. The lowest BCUT2D eigenvalue weighted by Crippen LogP contribution is -2.25. The van der Waals surface area contributed by atoms with Crippen LogP contribution in [0, 0.1) is 11.3 Å². The number of hydrogen-bond acceptors (Lipinski definition) is 5. The lowest BCUT2D eigenvalue weighted by molar-refractivity contribution is -0.117. The zero-order valence-electron chi connectivity index (χ0n) is 17.6. The molecule has 2 fully saturated rings. The summed E-state index contributed by atoms with van der Waals surface area (Å²) >= 11 is 0. The molecule has 5 nitrogen and oxygen atoms in total. The summed E-state index contributed by atoms with van der Waals surface area (Å²) in [4.78, 5) is 13.5. The van der Waals surface area contributed by atoms with Crippen LogP contribution in [0.25, 0.3) is 0 Å². The van der Waals surface area contributed by atoms with E-state index in [1.807, 2.05) is 42.5 Å². The topological polar surface area (TPSA) is 62.6 Å². The zero-order valence-corrected chi connectivity index (χ0v) is 17.6. The van der Waals surface area contributed by atoms with Gasteiger partial charge in [0.2, 0.25) is 0 Å². The summed E-state index contributed by atoms with van der Waals surface area (Å²) in [7, 11) is 0. The predicted molar refractivity (Wildman–Crippen MR) is 116 cm³/mol. The number of rotatable bonds is 8. The van der Waals surface area contributed by atoms with Crippen molar-refractivity contribution in [3.63, 3.8) is 0 Å². The summed E-state index contributed by atoms with van der Waals surface area (Å²) in [5.74, 6) is 2.05. The van der Waals surface area contributed by atoms with Gasteiger partial charge >= 0.3 is 0 Å². The Morgan fingerprint density at radius 3 is 2.47 bits per heavy atom. The quantitative estimate of drug-likeness (QED) is 0.630. The van der Waals surface area contributed by atoms with E-state index in [9.17, 15) is 10.1 Å². The third kappa shape index (κ3) is 4.94. The number of ketones is 1. The fraction of sp³-hybridized carbons (Fsp3) is 0.440. The first kappa shape index (κ1) is 20.3. The molecule has 2 atom stereocenters. The van der Waals surface area contributed by atoms with Crippen LogP contribution in [0.1, 0.15) is 56.6 Å². The van der Waals surface area contributed by atoms with Gasteiger partial charge in [0.25, 0.3) is 0 Å². The molecule has 1 heterocycles. The monoisotopic (exact) mass is 404 g/mol. The number of carbonyl (C=O) groups is 1. The summed E-state index contributed by atoms with van der Waals surface area (Å²) in [5, 5.41) is 9.59. The van der Waals surface area contributed by atoms with Crippen molar-refractivity contribution in [3.8, 4) is 17.6 Å². The minimum absolute atomic E-state index is 0.0828. The average Bonchev–Trinajstić information content (AvgIpc) is 3.43. The van der Waals surface area contributed by atoms with Crippen molar-refractivity contribution in [2.45, 2.75) is 57.7 Å². The molecule has 5 heteroatoms. The van der Waals surface area contributed by atoms with Crippen LogP contribution in [0.4, 0.5) is 5.69 Å². The summed E-state index contributed by atoms with van der Waals surface area (Å²) in [5.41, 5.74) is 2.75. The molecule has 2 aromatic carbocycles. The van der Waals surface area contributed by atoms with Crippen LogP contribution < -0.4 is 14.4 Å². The minimum Gasteiger partial charge on any atom is -0.490 e. The average molecular weight is 405 g/mol. The highest BCUT2D eigenvalue weighted by atomic mass is 16.5. The third-order valence-corrected chi connectivity index (χ3v) is 5.75. The van der Waals surface area contributed by atoms with Crippen molar-refractivity contribution in [1.82, 2.24) is 0 Å². The van der Waals surface area contributed by atoms with E-state index in [0.29, 0.717) is 18.1 Å². The largest absolute Gasteiger partial charge is 0.490 e. The molecule has 1 unspecified atom stereocenters. The first-order valence-corrected chi connectivity index (χ1v) is 10.7. The van der Waals surface area contributed by atoms with Gasteiger partial charge in [0, 0.05) is 25.5 Å². The number of nitrogens with zero attached hydrogens (tertiary/aromatic N) is 2. The van der Waals surface area contributed by atoms with Gasteiger partial charge in [0.1, 0.15) is 29.5 Å². The van der Waals surface area contributed by atoms with Gasteiger partial charge in [-0.15, -0.1) is 0 Å². The Balaban J connectivity index is 1.36. The number of hydrogen-bond donors (Lipinski definition) is 0. The van der Waals surface area contributed by atoms with Crippen molar-refractivity contribution in [1.29, 1.82) is 5.26 Å². The van der Waals surface area contributed by atoms with Crippen LogP contribution in [-0.4, -0.2) is 31.1 Å². The van der Waals surface area contributed by atoms with E-state index < -0.39 is 0 Å². The van der Waals surface area contributed by atoms with E-state index in [1.165, 1.54) is 0 Å². The van der Waals surface area contributed by atoms with Crippen LogP contribution in [0.2, 0.25) is 0 Å². The maximum Gasteiger partial charge on any atom is 0.130 e. The number of nitriles is 1. The standard InChI is InChI=1S/C25H28N2O3/c1-17(13-18(2)28)19-3-5-21(6-4-19)30-24-11-12-27(16-24)25-10-9-23(14-20(25)15-26)29-22-7-8-22/h3-6,9-10,14,17,22,24H,7-8,11-13,16H2,1-2H3/t17-,24?/m1/s1. The lowest BCUT2D eigenvalue weighted by Gasteiger charge is -2.21. The Morgan fingerprint density at radius 1 is 1.10 bits per heavy atom. The second-order valence-corrected chi connectivity index (χ2v) is 8.46. The van der Waals surface area contributed by atoms with Crippen LogP contribution in [0.5, 0.6) is 11.5 Å². The van der Waals surface area contributed by atoms with Gasteiger partial charge in [-0.25, -0.2) is 0 Å². The minimum atomic E-state index is 0.0828. The molecular formula is C25H28N2O3. The van der Waals surface area contributed by atoms with E-state index in [4.69, 9.17) is 9.47 Å². The fourth-order valence-electron chi connectivity index (χ4n) is 3.99. The smallest absolute Gasteiger partial charge is 0.130 e. The second kappa shape index (κ2) is 8.79. The van der Waals surface area contributed by atoms with Gasteiger partial charge in [-0.05, 0) is 55.5 Å². The first-order valence-electron chi connectivity index (χ1n) is 10.7. The van der Waals surface area contributed by atoms with Crippen LogP contribution in [-0.2, 0) is 4.79 Å². The van der Waals surface area contributed by atoms with E-state index in [0.717, 1.165) is 55.1 Å². The van der Waals surface area contributed by atoms with E-state index >= 15 is 0 Å². The molecule has 0 aromatic heterocycles. The van der Waals surface area contributed by atoms with Gasteiger partial charge in [-0.2, -0.15) is 5.26 Å². The maximum atomic E-state index is 11.3. The molecule has 0 radical (unpaired) electrons. The molecule has 0 amide bonds. The molecule has 2 aromatic rings. The van der Waals surface area contributed by atoms with Gasteiger partial charge < -0.3 is 19.2 Å². The number of carbonyl (C=O) groups excluding carboxylic acids is 1. The molecule has 1 aliphatic heterocycles. The predicted octanol–water partition coefficient (Wildman–Crippen LogP) is 4.84. The Morgan fingerprint density at radius 2 is 1.80 bits per heavy atom. The molecule has 2 aliphatic rings. The highest BCUT2D eigenvalue weighted by molar-refractivity contribution is 5.76. The summed E-state index contributed by atoms with van der Waals surface area (Å²) in [6, 6.07) is 16.2. The molecule has 1 saturated carbocycles. The Bertz CT molecular complexity index is 944. The van der Waals surface area contributed by atoms with Crippen molar-refractivity contribution in [2.75, 3.05) is 18.0 Å². The molecule has 0 N–H and O–H groups in total. The Labute approximate surface area is 178 Å². The normalized spacial score (nSPS) is 19.2. The molecule has 30 heavy (non-hydrogen) atoms. The van der Waals surface area contributed by atoms with E-state index in [-0.39, 0.29) is 17.8 Å². The second-order valence-electron chi connectivity index (χ2n) is 8.46. The number of Topliss-reactive ketones (excluding diaryl/α,β-unsaturated/α-hetero) is 1. The van der Waals surface area contributed by atoms with Gasteiger partial charge in [-0.3, -0.25) is 0 Å². The van der Waals surface area contributed by atoms with Crippen LogP contribution >= 0.6 is 0 Å². The molecule has 156 valence electrons. The Hall–Kier alpha value is -3.00. The van der Waals surface area contributed by atoms with E-state index in [1.54, 1.807) is 6.92 Å². The van der Waals surface area contributed by atoms with Crippen molar-refractivity contribution < 1.29 is 14.3 Å². The van der Waals surface area contributed by atoms with Crippen LogP contribution in [0.3, 0.4) is 0 Å². The molecule has 1 aliphatic carbocycles. The molecule has 0 spiro atoms. The van der Waals surface area contributed by atoms with Crippen LogP contribution in [0.15, 0.2) is 42.5 Å². The highest BCUT2D eigenvalue weighted by Gasteiger charge is 2.27. The first-order chi connectivity index (χ1) is 14.5. The maximum absolute atomic E-state index is 11.3. The van der Waals surface area contributed by atoms with Gasteiger partial charge in [0.15, 0.2) is 0 Å². The molecular weight excluding hydrogens is 376 g/mol. The summed E-state index contributed by atoms with van der Waals surface area (Å²) < 4.78 is 12.0. The fourth-order valence-corrected chi connectivity index (χ4v) is 3.99. The SMILES string of the molecule is CC(=O)C[C@@H](C)c1ccc(OC2CCN(c3ccc(OC4CC4)cc3C#N)C2)cc1. The van der Waals surface area contributed by atoms with Crippen molar-refractivity contribution in [2.24, 2.45) is 0 Å². The number of benzene rings is 2. The molecule has 4 rings (SSSR count). The summed E-state index contributed by atoms with van der Waals surface area (Å²) in [6.07, 6.45) is 4.08. The lowest BCUT2D eigenvalue weighted by atomic mass is 9.96. The molecule has 1 saturated heterocycles. The zero-order chi connectivity index (χ0) is 21.1. The van der Waals surface area contributed by atoms with E-state index in [2.05, 4.69) is 17.9 Å². The van der Waals surface area contributed by atoms with Gasteiger partial charge in [0.05, 0.1) is 23.9 Å². The number of anilines is 1.